The molecule has 0 spiro atoms. The van der Waals surface area contributed by atoms with Crippen LogP contribution >= 0.6 is 0 Å². The van der Waals surface area contributed by atoms with Gasteiger partial charge < -0.3 is 16.0 Å². The molecule has 2 amide bonds. The number of aryl methyl sites for hydroxylation is 2. The van der Waals surface area contributed by atoms with Gasteiger partial charge in [0.2, 0.25) is 11.8 Å². The second kappa shape index (κ2) is 7.30. The molecule has 1 aliphatic rings. The van der Waals surface area contributed by atoms with Crippen LogP contribution in [-0.4, -0.2) is 17.5 Å². The Balaban J connectivity index is 1.72. The zero-order valence-corrected chi connectivity index (χ0v) is 14.1. The smallest absolute Gasteiger partial charge is 0.242 e. The van der Waals surface area contributed by atoms with E-state index < -0.39 is 17.7 Å². The van der Waals surface area contributed by atoms with Gasteiger partial charge in [0, 0.05) is 17.1 Å². The first-order valence-corrected chi connectivity index (χ1v) is 8.38. The molecule has 3 rings (SSSR count). The maximum absolute atomic E-state index is 12.6. The molecule has 1 aliphatic carbocycles. The Bertz CT molecular complexity index is 815. The van der Waals surface area contributed by atoms with E-state index in [0.717, 1.165) is 19.3 Å². The summed E-state index contributed by atoms with van der Waals surface area (Å²) in [5.41, 5.74) is 3.84. The fourth-order valence-electron chi connectivity index (χ4n) is 3.11. The molecular formula is C20H21N3O2. The van der Waals surface area contributed by atoms with Crippen LogP contribution < -0.4 is 10.6 Å². The predicted octanol–water partition coefficient (Wildman–Crippen LogP) is 3.41. The summed E-state index contributed by atoms with van der Waals surface area (Å²) >= 11 is 0. The monoisotopic (exact) mass is 335 g/mol. The Kier molecular flexibility index (Phi) is 4.93. The van der Waals surface area contributed by atoms with Gasteiger partial charge in [-0.1, -0.05) is 24.3 Å². The highest BCUT2D eigenvalue weighted by molar-refractivity contribution is 6.24. The highest BCUT2D eigenvalue weighted by Gasteiger charge is 2.29. The van der Waals surface area contributed by atoms with Crippen LogP contribution in [0.3, 0.4) is 0 Å². The van der Waals surface area contributed by atoms with E-state index in [-0.39, 0.29) is 5.71 Å². The number of hydrogen-bond acceptors (Lipinski definition) is 3. The zero-order chi connectivity index (χ0) is 17.8. The van der Waals surface area contributed by atoms with Gasteiger partial charge in [-0.25, -0.2) is 0 Å². The van der Waals surface area contributed by atoms with E-state index in [1.807, 2.05) is 24.3 Å². The number of benzene rings is 2. The van der Waals surface area contributed by atoms with Crippen molar-refractivity contribution < 1.29 is 9.59 Å². The van der Waals surface area contributed by atoms with E-state index in [4.69, 9.17) is 5.41 Å². The molecule has 1 unspecified atom stereocenters. The summed E-state index contributed by atoms with van der Waals surface area (Å²) in [4.78, 5) is 25.0. The van der Waals surface area contributed by atoms with Gasteiger partial charge in [-0.15, -0.1) is 0 Å². The summed E-state index contributed by atoms with van der Waals surface area (Å²) in [5.74, 6) is -2.15. The minimum atomic E-state index is -1.16. The van der Waals surface area contributed by atoms with E-state index in [0.29, 0.717) is 11.4 Å². The number of nitrogens with one attached hydrogen (secondary N) is 3. The highest BCUT2D eigenvalue weighted by Crippen LogP contribution is 2.25. The second-order valence-corrected chi connectivity index (χ2v) is 6.30. The Labute approximate surface area is 147 Å². The number of amides is 2. The van der Waals surface area contributed by atoms with E-state index in [1.165, 1.54) is 18.1 Å². The fraction of sp³-hybridized carbons (Fsp3) is 0.250. The van der Waals surface area contributed by atoms with Crippen molar-refractivity contribution in [1.82, 2.24) is 0 Å². The highest BCUT2D eigenvalue weighted by atomic mass is 16.2. The number of rotatable bonds is 5. The molecule has 1 atom stereocenters. The Hall–Kier alpha value is -2.95. The molecule has 0 bridgehead atoms. The maximum Gasteiger partial charge on any atom is 0.242 e. The molecular weight excluding hydrogens is 314 g/mol. The van der Waals surface area contributed by atoms with Crippen molar-refractivity contribution in [1.29, 1.82) is 5.41 Å². The molecule has 0 heterocycles. The van der Waals surface area contributed by atoms with Gasteiger partial charge in [0.05, 0.1) is 0 Å². The van der Waals surface area contributed by atoms with Crippen LogP contribution in [0, 0.1) is 11.3 Å². The molecule has 3 N–H and O–H groups in total. The molecule has 5 nitrogen and oxygen atoms in total. The molecule has 0 saturated carbocycles. The van der Waals surface area contributed by atoms with Crippen molar-refractivity contribution >= 4 is 28.9 Å². The Morgan fingerprint density at radius 1 is 0.920 bits per heavy atom. The number of fused-ring (bicyclic) bond motifs is 1. The quantitative estimate of drug-likeness (QED) is 0.578. The first-order valence-electron chi connectivity index (χ1n) is 8.38. The minimum Gasteiger partial charge on any atom is -0.325 e. The van der Waals surface area contributed by atoms with Crippen LogP contribution in [0.25, 0.3) is 0 Å². The van der Waals surface area contributed by atoms with Crippen molar-refractivity contribution in [3.05, 3.63) is 59.7 Å². The van der Waals surface area contributed by atoms with Crippen LogP contribution in [0.1, 0.15) is 24.5 Å². The molecule has 5 heteroatoms. The van der Waals surface area contributed by atoms with Gasteiger partial charge >= 0.3 is 0 Å². The van der Waals surface area contributed by atoms with Crippen molar-refractivity contribution in [2.45, 2.75) is 26.2 Å². The Morgan fingerprint density at radius 3 is 2.24 bits per heavy atom. The lowest BCUT2D eigenvalue weighted by Crippen LogP contribution is -2.38. The average molecular weight is 335 g/mol. The number of anilines is 2. The number of carbonyl (C=O) groups is 2. The SMILES string of the molecule is CC(=N)C(C(=O)Nc1ccccc1)C(=O)Nc1ccc2c(c1)CCC2. The number of hydrogen-bond donors (Lipinski definition) is 3. The first-order chi connectivity index (χ1) is 12.0. The molecule has 2 aromatic rings. The largest absolute Gasteiger partial charge is 0.325 e. The third kappa shape index (κ3) is 3.94. The average Bonchev–Trinajstić information content (AvgIpc) is 3.03. The standard InChI is InChI=1S/C20H21N3O2/c1-13(21)18(19(24)22-16-8-3-2-4-9-16)20(25)23-17-11-10-14-6-5-7-15(14)12-17/h2-4,8-12,18,21H,5-7H2,1H3,(H,22,24)(H,23,25). The molecule has 0 fully saturated rings. The van der Waals surface area contributed by atoms with Gasteiger partial charge in [-0.05, 0) is 61.6 Å². The minimum absolute atomic E-state index is 0.00657. The zero-order valence-electron chi connectivity index (χ0n) is 14.1. The molecule has 0 aliphatic heterocycles. The lowest BCUT2D eigenvalue weighted by Gasteiger charge is -2.16. The van der Waals surface area contributed by atoms with Gasteiger partial charge in [0.25, 0.3) is 0 Å². The number of carbonyl (C=O) groups excluding carboxylic acids is 2. The third-order valence-corrected chi connectivity index (χ3v) is 4.36. The van der Waals surface area contributed by atoms with Crippen molar-refractivity contribution in [2.24, 2.45) is 5.92 Å². The van der Waals surface area contributed by atoms with Gasteiger partial charge in [0.15, 0.2) is 5.92 Å². The topological polar surface area (TPSA) is 82.1 Å². The fourth-order valence-corrected chi connectivity index (χ4v) is 3.11. The van der Waals surface area contributed by atoms with Crippen LogP contribution in [0.2, 0.25) is 0 Å². The summed E-state index contributed by atoms with van der Waals surface area (Å²) in [6, 6.07) is 14.8. The van der Waals surface area contributed by atoms with Gasteiger partial charge in [-0.3, -0.25) is 9.59 Å². The van der Waals surface area contributed by atoms with Crippen molar-refractivity contribution in [3.8, 4) is 0 Å². The molecule has 0 radical (unpaired) electrons. The van der Waals surface area contributed by atoms with E-state index >= 15 is 0 Å². The summed E-state index contributed by atoms with van der Waals surface area (Å²) in [5, 5.41) is 13.3. The van der Waals surface area contributed by atoms with Gasteiger partial charge in [-0.2, -0.15) is 0 Å². The van der Waals surface area contributed by atoms with E-state index in [9.17, 15) is 9.59 Å². The third-order valence-electron chi connectivity index (χ3n) is 4.36. The summed E-state index contributed by atoms with van der Waals surface area (Å²) in [6.07, 6.45) is 3.22. The molecule has 128 valence electrons. The van der Waals surface area contributed by atoms with Crippen molar-refractivity contribution in [3.63, 3.8) is 0 Å². The van der Waals surface area contributed by atoms with Crippen molar-refractivity contribution in [2.75, 3.05) is 10.6 Å². The van der Waals surface area contributed by atoms with Gasteiger partial charge in [0.1, 0.15) is 0 Å². The predicted molar refractivity (Wildman–Crippen MR) is 99.1 cm³/mol. The molecule has 0 saturated heterocycles. The van der Waals surface area contributed by atoms with Crippen LogP contribution in [0.15, 0.2) is 48.5 Å². The molecule has 25 heavy (non-hydrogen) atoms. The van der Waals surface area contributed by atoms with E-state index in [2.05, 4.69) is 10.6 Å². The van der Waals surface area contributed by atoms with Crippen LogP contribution in [-0.2, 0) is 22.4 Å². The van der Waals surface area contributed by atoms with E-state index in [1.54, 1.807) is 24.3 Å². The summed E-state index contributed by atoms with van der Waals surface area (Å²) in [7, 11) is 0. The maximum atomic E-state index is 12.6. The lowest BCUT2D eigenvalue weighted by molar-refractivity contribution is -0.126. The first kappa shape index (κ1) is 16.9. The van der Waals surface area contributed by atoms with Crippen LogP contribution in [0.5, 0.6) is 0 Å². The normalized spacial score (nSPS) is 13.6. The molecule has 0 aromatic heterocycles. The summed E-state index contributed by atoms with van der Waals surface area (Å²) in [6.45, 7) is 1.47. The second-order valence-electron chi connectivity index (χ2n) is 6.30. The lowest BCUT2D eigenvalue weighted by atomic mass is 10.0. The Morgan fingerprint density at radius 2 is 1.56 bits per heavy atom. The van der Waals surface area contributed by atoms with Crippen LogP contribution in [0.4, 0.5) is 11.4 Å². The molecule has 2 aromatic carbocycles. The number of para-hydroxylation sites is 1. The summed E-state index contributed by atoms with van der Waals surface area (Å²) < 4.78 is 0.